The summed E-state index contributed by atoms with van der Waals surface area (Å²) in [5, 5.41) is 15.6. The zero-order chi connectivity index (χ0) is 28.6. The van der Waals surface area contributed by atoms with E-state index in [9.17, 15) is 24.3 Å². The molecule has 0 saturated heterocycles. The number of nitrogens with zero attached hydrogens (tertiary/aromatic N) is 1. The minimum atomic E-state index is -0.875. The van der Waals surface area contributed by atoms with Crippen LogP contribution in [0.1, 0.15) is 78.3 Å². The summed E-state index contributed by atoms with van der Waals surface area (Å²) < 4.78 is 5.72. The first-order valence-corrected chi connectivity index (χ1v) is 13.4. The third kappa shape index (κ3) is 8.75. The number of halogens is 1. The minimum absolute atomic E-state index is 0.0777. The molecule has 10 heteroatoms. The van der Waals surface area contributed by atoms with Gasteiger partial charge in [-0.1, -0.05) is 50.1 Å². The van der Waals surface area contributed by atoms with Crippen molar-refractivity contribution in [2.45, 2.75) is 91.0 Å². The second-order valence-corrected chi connectivity index (χ2v) is 10.6. The number of carbonyl (C=O) groups is 4. The van der Waals surface area contributed by atoms with Crippen LogP contribution in [0.5, 0.6) is 5.75 Å². The Hall–Kier alpha value is -3.07. The maximum absolute atomic E-state index is 13.5. The molecular formula is C28H40ClN3O6. The zero-order valence-electron chi connectivity index (χ0n) is 23.0. The predicted octanol–water partition coefficient (Wildman–Crippen LogP) is 4.03. The average Bonchev–Trinajstić information content (AvgIpc) is 2.85. The molecule has 3 N–H and O–H groups in total. The highest BCUT2D eigenvalue weighted by atomic mass is 35.5. The number of phenolic OH excluding ortho intramolecular Hbond substituents is 1. The number of rotatable bonds is 3. The maximum Gasteiger partial charge on any atom is 0.308 e. The maximum atomic E-state index is 13.5. The van der Waals surface area contributed by atoms with Crippen molar-refractivity contribution in [3.05, 3.63) is 40.4 Å². The van der Waals surface area contributed by atoms with Crippen LogP contribution in [-0.2, 0) is 23.9 Å². The number of hydrogen-bond acceptors (Lipinski definition) is 6. The molecule has 4 unspecified atom stereocenters. The van der Waals surface area contributed by atoms with Crippen LogP contribution < -0.4 is 10.6 Å². The van der Waals surface area contributed by atoms with Gasteiger partial charge in [0.2, 0.25) is 17.7 Å². The minimum Gasteiger partial charge on any atom is -0.506 e. The zero-order valence-corrected chi connectivity index (χ0v) is 23.8. The van der Waals surface area contributed by atoms with Crippen molar-refractivity contribution < 1.29 is 29.0 Å². The number of carbonyl (C=O) groups excluding carboxylic acids is 4. The standard InChI is InChI=1S/C28H40ClN3O6/c1-7-20-11-8-17(4)9-13-24(34)30-18(5)28(37)32(6)26(16(2)3)27(36)31-22(15-25(35)38-20)19-10-12-23(33)21(29)14-19/h8,10,12,14,16,18,20,22,26,33H,7,9,11,13,15H2,1-6H3,(H,30,34)(H,31,36)/b17-8+. The van der Waals surface area contributed by atoms with Crippen LogP contribution in [-0.4, -0.2) is 58.9 Å². The quantitative estimate of drug-likeness (QED) is 0.386. The molecule has 0 fully saturated rings. The van der Waals surface area contributed by atoms with Crippen molar-refractivity contribution >= 4 is 35.3 Å². The van der Waals surface area contributed by atoms with Gasteiger partial charge in [0.15, 0.2) is 0 Å². The molecule has 0 bridgehead atoms. The molecule has 1 aliphatic rings. The van der Waals surface area contributed by atoms with Gasteiger partial charge in [-0.15, -0.1) is 0 Å². The van der Waals surface area contributed by atoms with Gasteiger partial charge in [0, 0.05) is 19.9 Å². The number of ether oxygens (including phenoxy) is 1. The monoisotopic (exact) mass is 549 g/mol. The van der Waals surface area contributed by atoms with E-state index in [4.69, 9.17) is 16.3 Å². The van der Waals surface area contributed by atoms with Crippen molar-refractivity contribution in [1.29, 1.82) is 0 Å². The average molecular weight is 550 g/mol. The van der Waals surface area contributed by atoms with E-state index in [0.717, 1.165) is 5.57 Å². The summed E-state index contributed by atoms with van der Waals surface area (Å²) in [6.45, 7) is 9.04. The third-order valence-corrected chi connectivity index (χ3v) is 7.01. The lowest BCUT2D eigenvalue weighted by Gasteiger charge is -2.33. The van der Waals surface area contributed by atoms with Crippen LogP contribution in [0.15, 0.2) is 29.8 Å². The van der Waals surface area contributed by atoms with E-state index in [1.165, 1.54) is 24.1 Å². The molecular weight excluding hydrogens is 510 g/mol. The summed E-state index contributed by atoms with van der Waals surface area (Å²) in [5.41, 5.74) is 1.49. The number of allylic oxidation sites excluding steroid dienone is 1. The predicted molar refractivity (Wildman–Crippen MR) is 145 cm³/mol. The van der Waals surface area contributed by atoms with Crippen LogP contribution in [0.25, 0.3) is 0 Å². The summed E-state index contributed by atoms with van der Waals surface area (Å²) in [6.07, 6.45) is 3.23. The molecule has 1 heterocycles. The number of likely N-dealkylation sites (N-methyl/N-ethyl adjacent to an activating group) is 1. The molecule has 0 spiro atoms. The fraction of sp³-hybridized carbons (Fsp3) is 0.571. The van der Waals surface area contributed by atoms with Crippen LogP contribution in [0, 0.1) is 5.92 Å². The molecule has 0 radical (unpaired) electrons. The van der Waals surface area contributed by atoms with E-state index in [1.807, 2.05) is 33.8 Å². The molecule has 0 aliphatic carbocycles. The van der Waals surface area contributed by atoms with Crippen LogP contribution in [0.2, 0.25) is 5.02 Å². The summed E-state index contributed by atoms with van der Waals surface area (Å²) in [7, 11) is 1.52. The second-order valence-electron chi connectivity index (χ2n) is 10.2. The van der Waals surface area contributed by atoms with Crippen LogP contribution in [0.3, 0.4) is 0 Å². The molecule has 4 atom stereocenters. The SMILES string of the molecule is CCC1C/C=C(\C)CCC(=O)NC(C)C(=O)N(C)C(C(C)C)C(=O)NC(c2ccc(O)c(Cl)c2)CC(=O)O1. The molecule has 2 rings (SSSR count). The number of amides is 3. The Bertz CT molecular complexity index is 1060. The van der Waals surface area contributed by atoms with E-state index in [-0.39, 0.29) is 41.5 Å². The molecule has 0 saturated carbocycles. The van der Waals surface area contributed by atoms with E-state index < -0.39 is 35.9 Å². The van der Waals surface area contributed by atoms with Gasteiger partial charge in [-0.2, -0.15) is 0 Å². The lowest BCUT2D eigenvalue weighted by molar-refractivity contribution is -0.150. The van der Waals surface area contributed by atoms with E-state index in [1.54, 1.807) is 13.0 Å². The summed E-state index contributed by atoms with van der Waals surface area (Å²) >= 11 is 6.12. The van der Waals surface area contributed by atoms with Crippen molar-refractivity contribution in [2.75, 3.05) is 7.05 Å². The molecule has 3 amide bonds. The highest BCUT2D eigenvalue weighted by molar-refractivity contribution is 6.32. The molecule has 1 aromatic carbocycles. The van der Waals surface area contributed by atoms with Gasteiger partial charge in [-0.05, 0) is 50.3 Å². The number of aromatic hydroxyl groups is 1. The topological polar surface area (TPSA) is 125 Å². The van der Waals surface area contributed by atoms with Gasteiger partial charge >= 0.3 is 5.97 Å². The Morgan fingerprint density at radius 2 is 1.84 bits per heavy atom. The molecule has 0 aromatic heterocycles. The number of esters is 1. The highest BCUT2D eigenvalue weighted by Crippen LogP contribution is 2.29. The largest absolute Gasteiger partial charge is 0.506 e. The molecule has 9 nitrogen and oxygen atoms in total. The lowest BCUT2D eigenvalue weighted by atomic mass is 9.98. The Balaban J connectivity index is 2.47. The van der Waals surface area contributed by atoms with Gasteiger partial charge in [0.1, 0.15) is 23.9 Å². The van der Waals surface area contributed by atoms with Crippen molar-refractivity contribution in [1.82, 2.24) is 15.5 Å². The first-order chi connectivity index (χ1) is 17.8. The van der Waals surface area contributed by atoms with E-state index in [2.05, 4.69) is 10.6 Å². The molecule has 38 heavy (non-hydrogen) atoms. The van der Waals surface area contributed by atoms with Crippen LogP contribution >= 0.6 is 11.6 Å². The molecule has 1 aliphatic heterocycles. The number of cyclic esters (lactones) is 1. The molecule has 1 aromatic rings. The Kier molecular flexibility index (Phi) is 11.6. The van der Waals surface area contributed by atoms with Gasteiger partial charge in [0.05, 0.1) is 17.5 Å². The summed E-state index contributed by atoms with van der Waals surface area (Å²) in [4.78, 5) is 53.5. The Labute approximate surface area is 229 Å². The van der Waals surface area contributed by atoms with Crippen LogP contribution in [0.4, 0.5) is 0 Å². The number of benzene rings is 1. The van der Waals surface area contributed by atoms with Gasteiger partial charge in [-0.3, -0.25) is 19.2 Å². The molecule has 210 valence electrons. The summed E-state index contributed by atoms with van der Waals surface area (Å²) in [5.74, 6) is -2.04. The van der Waals surface area contributed by atoms with Crippen molar-refractivity contribution in [2.24, 2.45) is 5.92 Å². The first kappa shape index (κ1) is 31.1. The Morgan fingerprint density at radius 3 is 2.45 bits per heavy atom. The van der Waals surface area contributed by atoms with Gasteiger partial charge < -0.3 is 25.4 Å². The van der Waals surface area contributed by atoms with Crippen molar-refractivity contribution in [3.8, 4) is 5.75 Å². The van der Waals surface area contributed by atoms with E-state index >= 15 is 0 Å². The van der Waals surface area contributed by atoms with Gasteiger partial charge in [0.25, 0.3) is 0 Å². The number of nitrogens with one attached hydrogen (secondary N) is 2. The lowest BCUT2D eigenvalue weighted by Crippen LogP contribution is -2.55. The van der Waals surface area contributed by atoms with Crippen molar-refractivity contribution in [3.63, 3.8) is 0 Å². The fourth-order valence-electron chi connectivity index (χ4n) is 4.44. The first-order valence-electron chi connectivity index (χ1n) is 13.0. The van der Waals surface area contributed by atoms with Gasteiger partial charge in [-0.25, -0.2) is 0 Å². The highest BCUT2D eigenvalue weighted by Gasteiger charge is 2.34. The smallest absolute Gasteiger partial charge is 0.308 e. The number of phenols is 1. The normalized spacial score (nSPS) is 26.5. The fourth-order valence-corrected chi connectivity index (χ4v) is 4.63. The Morgan fingerprint density at radius 1 is 1.16 bits per heavy atom. The second kappa shape index (κ2) is 14.2. The third-order valence-electron chi connectivity index (χ3n) is 6.70. The number of hydrogen-bond donors (Lipinski definition) is 3. The summed E-state index contributed by atoms with van der Waals surface area (Å²) in [6, 6.07) is 1.94. The van der Waals surface area contributed by atoms with E-state index in [0.29, 0.717) is 24.8 Å².